The summed E-state index contributed by atoms with van der Waals surface area (Å²) in [6.07, 6.45) is 0.457. The van der Waals surface area contributed by atoms with E-state index >= 15 is 0 Å². The highest BCUT2D eigenvalue weighted by atomic mass is 16.5. The molecule has 1 aromatic carbocycles. The number of benzene rings is 1. The molecule has 0 heterocycles. The Hall–Kier alpha value is -1.79. The molecule has 0 aromatic heterocycles. The fourth-order valence-corrected chi connectivity index (χ4v) is 1.24. The van der Waals surface area contributed by atoms with Gasteiger partial charge in [0.25, 0.3) is 0 Å². The van der Waals surface area contributed by atoms with Crippen molar-refractivity contribution in [2.75, 3.05) is 13.2 Å². The van der Waals surface area contributed by atoms with E-state index in [-0.39, 0.29) is 12.6 Å². The minimum atomic E-state index is -0.307. The Kier molecular flexibility index (Phi) is 5.96. The van der Waals surface area contributed by atoms with Crippen LogP contribution in [-0.2, 0) is 4.74 Å². The summed E-state index contributed by atoms with van der Waals surface area (Å²) in [5.41, 5.74) is 1.35. The normalized spacial score (nSPS) is 9.78. The minimum Gasteiger partial charge on any atom is -0.462 e. The van der Waals surface area contributed by atoms with Gasteiger partial charge in [-0.15, -0.1) is 0 Å². The fraction of sp³-hybridized carbons (Fsp3) is 0.400. The van der Waals surface area contributed by atoms with E-state index in [4.69, 9.17) is 9.84 Å². The van der Waals surface area contributed by atoms with Crippen molar-refractivity contribution in [3.8, 4) is 11.8 Å². The van der Waals surface area contributed by atoms with Gasteiger partial charge < -0.3 is 9.84 Å². The van der Waals surface area contributed by atoms with Crippen LogP contribution in [0.4, 0.5) is 0 Å². The molecule has 0 amide bonds. The molecular weight excluding hydrogens is 228 g/mol. The number of carbonyl (C=O) groups excluding carboxylic acids is 1. The van der Waals surface area contributed by atoms with Crippen molar-refractivity contribution in [2.45, 2.75) is 20.3 Å². The molecule has 0 saturated carbocycles. The first-order chi connectivity index (χ1) is 8.63. The average molecular weight is 246 g/mol. The van der Waals surface area contributed by atoms with Crippen molar-refractivity contribution in [3.05, 3.63) is 35.4 Å². The molecule has 0 aliphatic carbocycles. The zero-order chi connectivity index (χ0) is 13.4. The Morgan fingerprint density at radius 1 is 1.33 bits per heavy atom. The molecule has 1 N–H and O–H groups in total. The summed E-state index contributed by atoms with van der Waals surface area (Å²) in [4.78, 5) is 11.6. The third-order valence-corrected chi connectivity index (χ3v) is 2.14. The number of hydrogen-bond donors (Lipinski definition) is 1. The molecule has 96 valence electrons. The number of rotatable bonds is 4. The Morgan fingerprint density at radius 3 is 2.56 bits per heavy atom. The third kappa shape index (κ3) is 5.03. The van der Waals surface area contributed by atoms with E-state index in [0.717, 1.165) is 5.56 Å². The van der Waals surface area contributed by atoms with E-state index in [1.165, 1.54) is 0 Å². The number of carbonyl (C=O) groups is 1. The van der Waals surface area contributed by atoms with E-state index in [0.29, 0.717) is 24.5 Å². The lowest BCUT2D eigenvalue weighted by Gasteiger charge is -2.06. The molecular formula is C15H18O3. The molecule has 3 heteroatoms. The van der Waals surface area contributed by atoms with Crippen LogP contribution in [0.5, 0.6) is 0 Å². The van der Waals surface area contributed by atoms with Crippen molar-refractivity contribution >= 4 is 5.97 Å². The lowest BCUT2D eigenvalue weighted by Crippen LogP contribution is -2.10. The first-order valence-corrected chi connectivity index (χ1v) is 6.00. The van der Waals surface area contributed by atoms with Gasteiger partial charge in [-0.1, -0.05) is 25.7 Å². The van der Waals surface area contributed by atoms with Crippen molar-refractivity contribution in [2.24, 2.45) is 5.92 Å². The summed E-state index contributed by atoms with van der Waals surface area (Å²) in [5.74, 6) is 5.75. The van der Waals surface area contributed by atoms with Gasteiger partial charge in [-0.05, 0) is 30.2 Å². The van der Waals surface area contributed by atoms with Crippen molar-refractivity contribution in [1.29, 1.82) is 0 Å². The molecule has 0 fully saturated rings. The van der Waals surface area contributed by atoms with Gasteiger partial charge in [0, 0.05) is 12.0 Å². The van der Waals surface area contributed by atoms with Gasteiger partial charge in [-0.25, -0.2) is 4.79 Å². The topological polar surface area (TPSA) is 46.5 Å². The standard InChI is InChI=1S/C15H18O3/c1-12(2)11-18-15(17)14-8-6-13(7-9-14)5-3-4-10-16/h6-9,12,16H,4,10-11H2,1-2H3. The van der Waals surface area contributed by atoms with Crippen molar-refractivity contribution in [1.82, 2.24) is 0 Å². The number of aliphatic hydroxyl groups excluding tert-OH is 1. The molecule has 0 spiro atoms. The summed E-state index contributed by atoms with van der Waals surface area (Å²) in [6, 6.07) is 6.95. The maximum Gasteiger partial charge on any atom is 0.338 e. The molecule has 3 nitrogen and oxygen atoms in total. The maximum atomic E-state index is 11.6. The molecule has 0 radical (unpaired) electrons. The van der Waals surface area contributed by atoms with Crippen LogP contribution in [0.25, 0.3) is 0 Å². The van der Waals surface area contributed by atoms with Gasteiger partial charge in [0.05, 0.1) is 18.8 Å². The zero-order valence-corrected chi connectivity index (χ0v) is 10.8. The van der Waals surface area contributed by atoms with E-state index in [1.54, 1.807) is 24.3 Å². The average Bonchev–Trinajstić information content (AvgIpc) is 2.37. The van der Waals surface area contributed by atoms with E-state index in [1.807, 2.05) is 13.8 Å². The molecule has 0 aliphatic rings. The lowest BCUT2D eigenvalue weighted by molar-refractivity contribution is 0.0459. The molecule has 1 rings (SSSR count). The van der Waals surface area contributed by atoms with Crippen LogP contribution in [0.1, 0.15) is 36.2 Å². The maximum absolute atomic E-state index is 11.6. The molecule has 18 heavy (non-hydrogen) atoms. The first kappa shape index (κ1) is 14.3. The van der Waals surface area contributed by atoms with Gasteiger partial charge in [0.15, 0.2) is 0 Å². The quantitative estimate of drug-likeness (QED) is 0.654. The lowest BCUT2D eigenvalue weighted by atomic mass is 10.1. The largest absolute Gasteiger partial charge is 0.462 e. The van der Waals surface area contributed by atoms with Crippen LogP contribution >= 0.6 is 0 Å². The summed E-state index contributed by atoms with van der Waals surface area (Å²) in [6.45, 7) is 4.48. The second kappa shape index (κ2) is 7.52. The third-order valence-electron chi connectivity index (χ3n) is 2.14. The predicted octanol–water partition coefficient (Wildman–Crippen LogP) is 2.23. The van der Waals surface area contributed by atoms with Crippen molar-refractivity contribution in [3.63, 3.8) is 0 Å². The van der Waals surface area contributed by atoms with Gasteiger partial charge in [0.2, 0.25) is 0 Å². The number of hydrogen-bond acceptors (Lipinski definition) is 3. The SMILES string of the molecule is CC(C)COC(=O)c1ccc(C#CCCO)cc1. The predicted molar refractivity (Wildman–Crippen MR) is 70.1 cm³/mol. The highest BCUT2D eigenvalue weighted by Crippen LogP contribution is 2.06. The first-order valence-electron chi connectivity index (χ1n) is 6.00. The van der Waals surface area contributed by atoms with Crippen molar-refractivity contribution < 1.29 is 14.6 Å². The minimum absolute atomic E-state index is 0.0621. The van der Waals surface area contributed by atoms with Crippen LogP contribution < -0.4 is 0 Å². The highest BCUT2D eigenvalue weighted by molar-refractivity contribution is 5.89. The summed E-state index contributed by atoms with van der Waals surface area (Å²) >= 11 is 0. The Bertz CT molecular complexity index is 435. The van der Waals surface area contributed by atoms with Crippen LogP contribution in [0.3, 0.4) is 0 Å². The molecule has 0 unspecified atom stereocenters. The Morgan fingerprint density at radius 2 is 2.00 bits per heavy atom. The summed E-state index contributed by atoms with van der Waals surface area (Å²) in [5, 5.41) is 8.60. The smallest absolute Gasteiger partial charge is 0.338 e. The Labute approximate surface area is 108 Å². The molecule has 0 atom stereocenters. The van der Waals surface area contributed by atoms with Gasteiger partial charge in [-0.2, -0.15) is 0 Å². The monoisotopic (exact) mass is 246 g/mol. The van der Waals surface area contributed by atoms with Gasteiger partial charge in [0.1, 0.15) is 0 Å². The molecule has 0 aliphatic heterocycles. The van der Waals surface area contributed by atoms with Crippen LogP contribution in [-0.4, -0.2) is 24.3 Å². The van der Waals surface area contributed by atoms with E-state index in [2.05, 4.69) is 11.8 Å². The fourth-order valence-electron chi connectivity index (χ4n) is 1.24. The number of aliphatic hydroxyl groups is 1. The van der Waals surface area contributed by atoms with Crippen LogP contribution in [0, 0.1) is 17.8 Å². The van der Waals surface area contributed by atoms with E-state index in [9.17, 15) is 4.79 Å². The second-order valence-corrected chi connectivity index (χ2v) is 4.35. The second-order valence-electron chi connectivity index (χ2n) is 4.35. The number of ether oxygens (including phenoxy) is 1. The molecule has 0 saturated heterocycles. The van der Waals surface area contributed by atoms with Gasteiger partial charge in [-0.3, -0.25) is 0 Å². The van der Waals surface area contributed by atoms with Crippen LogP contribution in [0.2, 0.25) is 0 Å². The highest BCUT2D eigenvalue weighted by Gasteiger charge is 2.07. The molecule has 0 bridgehead atoms. The Balaban J connectivity index is 2.60. The van der Waals surface area contributed by atoms with E-state index < -0.39 is 0 Å². The summed E-state index contributed by atoms with van der Waals surface area (Å²) in [7, 11) is 0. The zero-order valence-electron chi connectivity index (χ0n) is 10.8. The summed E-state index contributed by atoms with van der Waals surface area (Å²) < 4.78 is 5.12. The van der Waals surface area contributed by atoms with Crippen LogP contribution in [0.15, 0.2) is 24.3 Å². The van der Waals surface area contributed by atoms with Gasteiger partial charge >= 0.3 is 5.97 Å². The number of esters is 1. The molecule has 1 aromatic rings.